The SMILES string of the molecule is COC(=O)[C@]1(Cc2ccccc2)C[C@H](c2ccccc2)OC1=O. The van der Waals surface area contributed by atoms with Gasteiger partial charge in [-0.05, 0) is 17.5 Å². The van der Waals surface area contributed by atoms with Crippen molar-refractivity contribution in [3.05, 3.63) is 71.8 Å². The molecule has 23 heavy (non-hydrogen) atoms. The van der Waals surface area contributed by atoms with E-state index in [1.54, 1.807) is 0 Å². The molecular formula is C19H18O4. The lowest BCUT2D eigenvalue weighted by Gasteiger charge is -2.21. The van der Waals surface area contributed by atoms with Crippen molar-refractivity contribution in [2.24, 2.45) is 5.41 Å². The minimum absolute atomic E-state index is 0.280. The molecule has 3 rings (SSSR count). The van der Waals surface area contributed by atoms with Crippen LogP contribution in [0.2, 0.25) is 0 Å². The molecule has 4 nitrogen and oxygen atoms in total. The summed E-state index contributed by atoms with van der Waals surface area (Å²) in [5.41, 5.74) is 0.514. The molecule has 1 fully saturated rings. The van der Waals surface area contributed by atoms with Gasteiger partial charge >= 0.3 is 11.9 Å². The van der Waals surface area contributed by atoms with Crippen LogP contribution in [0.1, 0.15) is 23.7 Å². The number of hydrogen-bond acceptors (Lipinski definition) is 4. The van der Waals surface area contributed by atoms with Gasteiger partial charge in [0, 0.05) is 6.42 Å². The Labute approximate surface area is 135 Å². The fourth-order valence-electron chi connectivity index (χ4n) is 3.06. The molecular weight excluding hydrogens is 292 g/mol. The zero-order valence-corrected chi connectivity index (χ0v) is 12.9. The van der Waals surface area contributed by atoms with Crippen molar-refractivity contribution >= 4 is 11.9 Å². The highest BCUT2D eigenvalue weighted by molar-refractivity contribution is 6.01. The summed E-state index contributed by atoms with van der Waals surface area (Å²) in [6, 6.07) is 18.9. The summed E-state index contributed by atoms with van der Waals surface area (Å²) in [5.74, 6) is -1.05. The normalized spacial score (nSPS) is 23.3. The van der Waals surface area contributed by atoms with Crippen LogP contribution in [0.25, 0.3) is 0 Å². The van der Waals surface area contributed by atoms with Crippen LogP contribution in [0.3, 0.4) is 0 Å². The second-order valence-electron chi connectivity index (χ2n) is 5.74. The summed E-state index contributed by atoms with van der Waals surface area (Å²) in [6.45, 7) is 0. The average molecular weight is 310 g/mol. The first-order chi connectivity index (χ1) is 11.2. The molecule has 1 aliphatic rings. The second-order valence-corrected chi connectivity index (χ2v) is 5.74. The molecule has 2 aromatic rings. The fraction of sp³-hybridized carbons (Fsp3) is 0.263. The van der Waals surface area contributed by atoms with Gasteiger partial charge < -0.3 is 9.47 Å². The maximum Gasteiger partial charge on any atom is 0.324 e. The van der Waals surface area contributed by atoms with Crippen LogP contribution in [0, 0.1) is 5.41 Å². The molecule has 0 amide bonds. The number of esters is 2. The molecule has 1 saturated heterocycles. The predicted octanol–water partition coefficient (Wildman–Crippen LogP) is 3.08. The number of cyclic esters (lactones) is 1. The molecule has 1 heterocycles. The Morgan fingerprint density at radius 2 is 1.74 bits per heavy atom. The van der Waals surface area contributed by atoms with E-state index in [4.69, 9.17) is 9.47 Å². The standard InChI is InChI=1S/C19H18O4/c1-22-17(20)19(12-14-8-4-2-5-9-14)13-16(23-18(19)21)15-10-6-3-7-11-15/h2-11,16H,12-13H2,1H3/t16-,19+/m1/s1. The lowest BCUT2D eigenvalue weighted by molar-refractivity contribution is -0.163. The Kier molecular flexibility index (Phi) is 4.15. The van der Waals surface area contributed by atoms with Gasteiger partial charge in [0.15, 0.2) is 5.41 Å². The van der Waals surface area contributed by atoms with Crippen LogP contribution >= 0.6 is 0 Å². The van der Waals surface area contributed by atoms with Crippen molar-refractivity contribution in [1.82, 2.24) is 0 Å². The van der Waals surface area contributed by atoms with Gasteiger partial charge in [0.05, 0.1) is 7.11 Å². The summed E-state index contributed by atoms with van der Waals surface area (Å²) in [7, 11) is 1.30. The molecule has 0 aromatic heterocycles. The lowest BCUT2D eigenvalue weighted by atomic mass is 9.78. The molecule has 2 aromatic carbocycles. The van der Waals surface area contributed by atoms with Gasteiger partial charge in [-0.2, -0.15) is 0 Å². The van der Waals surface area contributed by atoms with Crippen molar-refractivity contribution in [3.8, 4) is 0 Å². The Morgan fingerprint density at radius 1 is 1.13 bits per heavy atom. The molecule has 0 N–H and O–H groups in total. The van der Waals surface area contributed by atoms with E-state index in [1.165, 1.54) is 7.11 Å². The number of benzene rings is 2. The van der Waals surface area contributed by atoms with Gasteiger partial charge in [-0.15, -0.1) is 0 Å². The Hall–Kier alpha value is -2.62. The van der Waals surface area contributed by atoms with E-state index < -0.39 is 23.5 Å². The summed E-state index contributed by atoms with van der Waals surface area (Å²) in [5, 5.41) is 0. The predicted molar refractivity (Wildman–Crippen MR) is 84.5 cm³/mol. The van der Waals surface area contributed by atoms with Crippen LogP contribution < -0.4 is 0 Å². The third-order valence-corrected chi connectivity index (χ3v) is 4.27. The summed E-state index contributed by atoms with van der Waals surface area (Å²) in [4.78, 5) is 25.0. The fourth-order valence-corrected chi connectivity index (χ4v) is 3.06. The molecule has 0 saturated carbocycles. The van der Waals surface area contributed by atoms with E-state index in [-0.39, 0.29) is 12.8 Å². The molecule has 0 spiro atoms. The lowest BCUT2D eigenvalue weighted by Crippen LogP contribution is -2.39. The molecule has 0 aliphatic carbocycles. The Balaban J connectivity index is 1.93. The van der Waals surface area contributed by atoms with E-state index in [2.05, 4.69) is 0 Å². The highest BCUT2D eigenvalue weighted by Crippen LogP contribution is 2.45. The van der Waals surface area contributed by atoms with Gasteiger partial charge in [-0.3, -0.25) is 9.59 Å². The molecule has 0 radical (unpaired) electrons. The van der Waals surface area contributed by atoms with E-state index in [0.29, 0.717) is 0 Å². The topological polar surface area (TPSA) is 52.6 Å². The molecule has 0 bridgehead atoms. The summed E-state index contributed by atoms with van der Waals surface area (Å²) in [6.07, 6.45) is 0.145. The number of hydrogen-bond donors (Lipinski definition) is 0. The van der Waals surface area contributed by atoms with E-state index in [1.807, 2.05) is 60.7 Å². The second kappa shape index (κ2) is 6.24. The minimum Gasteiger partial charge on any atom is -0.468 e. The highest BCUT2D eigenvalue weighted by Gasteiger charge is 2.56. The molecule has 0 unspecified atom stereocenters. The maximum absolute atomic E-state index is 12.6. The first kappa shape index (κ1) is 15.3. The molecule has 118 valence electrons. The van der Waals surface area contributed by atoms with Crippen molar-refractivity contribution in [1.29, 1.82) is 0 Å². The van der Waals surface area contributed by atoms with Gasteiger partial charge in [0.2, 0.25) is 0 Å². The smallest absolute Gasteiger partial charge is 0.324 e. The molecule has 1 aliphatic heterocycles. The van der Waals surface area contributed by atoms with Gasteiger partial charge in [-0.25, -0.2) is 0 Å². The van der Waals surface area contributed by atoms with E-state index in [0.717, 1.165) is 11.1 Å². The van der Waals surface area contributed by atoms with Crippen LogP contribution in [0.5, 0.6) is 0 Å². The minimum atomic E-state index is -1.28. The van der Waals surface area contributed by atoms with Crippen molar-refractivity contribution in [2.45, 2.75) is 18.9 Å². The van der Waals surface area contributed by atoms with Crippen LogP contribution in [0.4, 0.5) is 0 Å². The third-order valence-electron chi connectivity index (χ3n) is 4.27. The van der Waals surface area contributed by atoms with Crippen LogP contribution in [0.15, 0.2) is 60.7 Å². The first-order valence-electron chi connectivity index (χ1n) is 7.54. The number of carbonyl (C=O) groups is 2. The van der Waals surface area contributed by atoms with Crippen molar-refractivity contribution < 1.29 is 19.1 Å². The van der Waals surface area contributed by atoms with Gasteiger partial charge in [0.1, 0.15) is 6.10 Å². The monoisotopic (exact) mass is 310 g/mol. The molecule has 4 heteroatoms. The quantitative estimate of drug-likeness (QED) is 0.643. The number of ether oxygens (including phenoxy) is 2. The number of methoxy groups -OCH3 is 1. The summed E-state index contributed by atoms with van der Waals surface area (Å²) < 4.78 is 10.4. The van der Waals surface area contributed by atoms with Gasteiger partial charge in [0.25, 0.3) is 0 Å². The van der Waals surface area contributed by atoms with E-state index in [9.17, 15) is 9.59 Å². The van der Waals surface area contributed by atoms with Crippen LogP contribution in [-0.2, 0) is 25.5 Å². The Morgan fingerprint density at radius 3 is 2.35 bits per heavy atom. The zero-order valence-electron chi connectivity index (χ0n) is 12.9. The van der Waals surface area contributed by atoms with Crippen molar-refractivity contribution in [2.75, 3.05) is 7.11 Å². The zero-order chi connectivity index (χ0) is 16.3. The van der Waals surface area contributed by atoms with Crippen molar-refractivity contribution in [3.63, 3.8) is 0 Å². The largest absolute Gasteiger partial charge is 0.468 e. The average Bonchev–Trinajstić information content (AvgIpc) is 2.93. The third kappa shape index (κ3) is 2.84. The maximum atomic E-state index is 12.6. The van der Waals surface area contributed by atoms with E-state index >= 15 is 0 Å². The van der Waals surface area contributed by atoms with Gasteiger partial charge in [-0.1, -0.05) is 60.7 Å². The number of rotatable bonds is 4. The molecule has 2 atom stereocenters. The number of carbonyl (C=O) groups excluding carboxylic acids is 2. The Bertz CT molecular complexity index is 696. The first-order valence-corrected chi connectivity index (χ1v) is 7.54. The summed E-state index contributed by atoms with van der Waals surface area (Å²) >= 11 is 0. The van der Waals surface area contributed by atoms with Crippen LogP contribution in [-0.4, -0.2) is 19.0 Å². The highest BCUT2D eigenvalue weighted by atomic mass is 16.6.